The first-order valence-electron chi connectivity index (χ1n) is 5.26. The molecule has 2 aromatic rings. The number of hydrogen-bond donors (Lipinski definition) is 2. The Labute approximate surface area is 114 Å². The Balaban J connectivity index is 2.32. The van der Waals surface area contributed by atoms with Crippen LogP contribution < -0.4 is 5.32 Å². The lowest BCUT2D eigenvalue weighted by Gasteiger charge is -2.08. The van der Waals surface area contributed by atoms with Crippen molar-refractivity contribution >= 4 is 23.2 Å². The third kappa shape index (κ3) is 2.81. The summed E-state index contributed by atoms with van der Waals surface area (Å²) in [6.07, 6.45) is 2.55. The first-order valence-corrected chi connectivity index (χ1v) is 5.63. The number of aromatic hydroxyl groups is 1. The fourth-order valence-corrected chi connectivity index (χ4v) is 1.66. The highest BCUT2D eigenvalue weighted by Crippen LogP contribution is 2.22. The van der Waals surface area contributed by atoms with Crippen molar-refractivity contribution in [3.8, 4) is 11.8 Å². The van der Waals surface area contributed by atoms with Gasteiger partial charge in [0, 0.05) is 11.2 Å². The average molecular weight is 274 g/mol. The van der Waals surface area contributed by atoms with Crippen LogP contribution in [-0.4, -0.2) is 16.0 Å². The van der Waals surface area contributed by atoms with E-state index in [0.717, 1.165) is 6.20 Å². The maximum absolute atomic E-state index is 12.0. The topological polar surface area (TPSA) is 86.0 Å². The van der Waals surface area contributed by atoms with Crippen LogP contribution in [0.25, 0.3) is 0 Å². The second-order valence-corrected chi connectivity index (χ2v) is 4.09. The number of nitrogens with one attached hydrogen (secondary N) is 1. The molecule has 94 valence electrons. The van der Waals surface area contributed by atoms with Crippen molar-refractivity contribution in [2.45, 2.75) is 0 Å². The minimum absolute atomic E-state index is 0.0684. The van der Waals surface area contributed by atoms with E-state index in [-0.39, 0.29) is 22.6 Å². The second kappa shape index (κ2) is 5.38. The Morgan fingerprint density at radius 2 is 2.21 bits per heavy atom. The van der Waals surface area contributed by atoms with Crippen LogP contribution in [0.4, 0.5) is 5.69 Å². The Morgan fingerprint density at radius 3 is 2.89 bits per heavy atom. The first-order chi connectivity index (χ1) is 9.11. The van der Waals surface area contributed by atoms with E-state index in [9.17, 15) is 9.90 Å². The summed E-state index contributed by atoms with van der Waals surface area (Å²) < 4.78 is 0. The number of nitrogens with zero attached hydrogens (tertiary/aromatic N) is 2. The molecule has 5 nitrogen and oxygen atoms in total. The van der Waals surface area contributed by atoms with Crippen LogP contribution in [0.3, 0.4) is 0 Å². The van der Waals surface area contributed by atoms with Crippen molar-refractivity contribution in [2.75, 3.05) is 5.32 Å². The van der Waals surface area contributed by atoms with E-state index in [1.54, 1.807) is 6.07 Å². The number of aromatic nitrogens is 1. The molecule has 0 fully saturated rings. The van der Waals surface area contributed by atoms with Crippen molar-refractivity contribution in [1.29, 1.82) is 5.26 Å². The van der Waals surface area contributed by atoms with Gasteiger partial charge in [0.1, 0.15) is 11.8 Å². The summed E-state index contributed by atoms with van der Waals surface area (Å²) >= 11 is 5.81. The summed E-state index contributed by atoms with van der Waals surface area (Å²) in [5.41, 5.74) is 0.640. The molecule has 1 aromatic heterocycles. The number of benzene rings is 1. The highest BCUT2D eigenvalue weighted by atomic mass is 35.5. The molecule has 6 heteroatoms. The molecule has 0 spiro atoms. The molecular formula is C13H8ClN3O2. The number of hydrogen-bond acceptors (Lipinski definition) is 4. The smallest absolute Gasteiger partial charge is 0.259 e. The minimum atomic E-state index is -0.543. The normalized spacial score (nSPS) is 9.68. The van der Waals surface area contributed by atoms with Gasteiger partial charge >= 0.3 is 0 Å². The predicted octanol–water partition coefficient (Wildman–Crippen LogP) is 2.56. The quantitative estimate of drug-likeness (QED) is 0.880. The van der Waals surface area contributed by atoms with Crippen LogP contribution in [0.5, 0.6) is 5.75 Å². The number of carbonyl (C=O) groups excluding carboxylic acids is 1. The Bertz CT molecular complexity index is 680. The third-order valence-corrected chi connectivity index (χ3v) is 2.63. The molecule has 0 saturated carbocycles. The summed E-state index contributed by atoms with van der Waals surface area (Å²) in [6, 6.07) is 7.85. The number of anilines is 1. The number of nitriles is 1. The molecule has 0 radical (unpaired) electrons. The highest BCUT2D eigenvalue weighted by Gasteiger charge is 2.13. The summed E-state index contributed by atoms with van der Waals surface area (Å²) in [7, 11) is 0. The van der Waals surface area contributed by atoms with Crippen molar-refractivity contribution in [3.05, 3.63) is 52.8 Å². The lowest BCUT2D eigenvalue weighted by molar-refractivity contribution is 0.102. The van der Waals surface area contributed by atoms with Crippen LogP contribution in [0.2, 0.25) is 5.02 Å². The molecule has 0 unspecified atom stereocenters. The predicted molar refractivity (Wildman–Crippen MR) is 70.0 cm³/mol. The van der Waals surface area contributed by atoms with E-state index in [0.29, 0.717) is 5.02 Å². The Kier molecular flexibility index (Phi) is 3.64. The van der Waals surface area contributed by atoms with Gasteiger partial charge in [-0.1, -0.05) is 11.6 Å². The van der Waals surface area contributed by atoms with Gasteiger partial charge in [-0.05, 0) is 24.3 Å². The maximum atomic E-state index is 12.0. The summed E-state index contributed by atoms with van der Waals surface area (Å²) in [6.45, 7) is 0. The standard InChI is InChI=1S/C13H8ClN3O2/c14-9-2-1-8(6-15)11(5-9)17-13(19)10-3-4-16-7-12(10)18/h1-5,7,18H,(H,17,19). The minimum Gasteiger partial charge on any atom is -0.505 e. The van der Waals surface area contributed by atoms with Crippen molar-refractivity contribution < 1.29 is 9.90 Å². The number of halogens is 1. The van der Waals surface area contributed by atoms with Crippen molar-refractivity contribution in [2.24, 2.45) is 0 Å². The SMILES string of the molecule is N#Cc1ccc(Cl)cc1NC(=O)c1ccncc1O. The van der Waals surface area contributed by atoms with E-state index < -0.39 is 5.91 Å². The summed E-state index contributed by atoms with van der Waals surface area (Å²) in [5, 5.41) is 21.4. The second-order valence-electron chi connectivity index (χ2n) is 3.65. The van der Waals surface area contributed by atoms with Gasteiger partial charge in [0.15, 0.2) is 0 Å². The molecule has 0 bridgehead atoms. The van der Waals surface area contributed by atoms with Crippen molar-refractivity contribution in [1.82, 2.24) is 4.98 Å². The molecule has 0 aliphatic heterocycles. The van der Waals surface area contributed by atoms with Gasteiger partial charge in [0.2, 0.25) is 0 Å². The maximum Gasteiger partial charge on any atom is 0.259 e. The number of carbonyl (C=O) groups is 1. The van der Waals surface area contributed by atoms with Gasteiger partial charge < -0.3 is 10.4 Å². The van der Waals surface area contributed by atoms with E-state index in [2.05, 4.69) is 10.3 Å². The number of amides is 1. The zero-order valence-corrected chi connectivity index (χ0v) is 10.3. The van der Waals surface area contributed by atoms with Gasteiger partial charge in [-0.3, -0.25) is 9.78 Å². The lowest BCUT2D eigenvalue weighted by Crippen LogP contribution is -2.13. The first kappa shape index (κ1) is 12.9. The third-order valence-electron chi connectivity index (χ3n) is 2.39. The van der Waals surface area contributed by atoms with Crippen LogP contribution >= 0.6 is 11.6 Å². The molecule has 0 saturated heterocycles. The van der Waals surface area contributed by atoms with Gasteiger partial charge in [0.25, 0.3) is 5.91 Å². The number of pyridine rings is 1. The highest BCUT2D eigenvalue weighted by molar-refractivity contribution is 6.31. The Morgan fingerprint density at radius 1 is 1.42 bits per heavy atom. The molecular weight excluding hydrogens is 266 g/mol. The summed E-state index contributed by atoms with van der Waals surface area (Å²) in [5.74, 6) is -0.779. The lowest BCUT2D eigenvalue weighted by atomic mass is 10.1. The van der Waals surface area contributed by atoms with Crippen LogP contribution in [-0.2, 0) is 0 Å². The molecule has 1 aromatic carbocycles. The van der Waals surface area contributed by atoms with E-state index in [1.807, 2.05) is 6.07 Å². The molecule has 1 heterocycles. The van der Waals surface area contributed by atoms with Crippen LogP contribution in [0.15, 0.2) is 36.7 Å². The van der Waals surface area contributed by atoms with Gasteiger partial charge in [-0.2, -0.15) is 5.26 Å². The molecule has 0 atom stereocenters. The van der Waals surface area contributed by atoms with Gasteiger partial charge in [-0.25, -0.2) is 0 Å². The van der Waals surface area contributed by atoms with E-state index in [1.165, 1.54) is 24.4 Å². The molecule has 19 heavy (non-hydrogen) atoms. The van der Waals surface area contributed by atoms with Gasteiger partial charge in [0.05, 0.1) is 23.0 Å². The van der Waals surface area contributed by atoms with Gasteiger partial charge in [-0.15, -0.1) is 0 Å². The fraction of sp³-hybridized carbons (Fsp3) is 0. The molecule has 0 aliphatic carbocycles. The molecule has 2 N–H and O–H groups in total. The zero-order valence-electron chi connectivity index (χ0n) is 9.59. The Hall–Kier alpha value is -2.58. The average Bonchev–Trinajstić information content (AvgIpc) is 2.39. The fourth-order valence-electron chi connectivity index (χ4n) is 1.49. The monoisotopic (exact) mass is 273 g/mol. The summed E-state index contributed by atoms with van der Waals surface area (Å²) in [4.78, 5) is 15.6. The van der Waals surface area contributed by atoms with E-state index >= 15 is 0 Å². The zero-order chi connectivity index (χ0) is 13.8. The van der Waals surface area contributed by atoms with Crippen LogP contribution in [0.1, 0.15) is 15.9 Å². The number of rotatable bonds is 2. The molecule has 2 rings (SSSR count). The molecule has 1 amide bonds. The van der Waals surface area contributed by atoms with Crippen molar-refractivity contribution in [3.63, 3.8) is 0 Å². The molecule has 0 aliphatic rings. The van der Waals surface area contributed by atoms with E-state index in [4.69, 9.17) is 16.9 Å². The largest absolute Gasteiger partial charge is 0.505 e. The van der Waals surface area contributed by atoms with Crippen LogP contribution in [0, 0.1) is 11.3 Å².